The molecule has 0 radical (unpaired) electrons. The average molecular weight is 336 g/mol. The molecule has 2 nitrogen and oxygen atoms in total. The molecule has 0 spiro atoms. The van der Waals surface area contributed by atoms with Crippen molar-refractivity contribution in [2.75, 3.05) is 0 Å². The van der Waals surface area contributed by atoms with Crippen molar-refractivity contribution in [3.8, 4) is 0 Å². The average Bonchev–Trinajstić information content (AvgIpc) is 2.70. The van der Waals surface area contributed by atoms with E-state index in [4.69, 9.17) is 0 Å². The molecule has 0 amide bonds. The lowest BCUT2D eigenvalue weighted by atomic mass is 9.76. The third-order valence-electron chi connectivity index (χ3n) is 5.53. The first kappa shape index (κ1) is 17.9. The summed E-state index contributed by atoms with van der Waals surface area (Å²) < 4.78 is 0. The first-order valence-corrected chi connectivity index (χ1v) is 9.57. The molecule has 3 rings (SSSR count). The standard InChI is InChI=1S/C23H28O2/c24-22(19-12-6-2-7-13-19)21(17-16-18-10-4-1-5-11-18)23(25)20-14-8-3-9-15-20/h1-2,4-7,10-13,20-21,23,25H,3,8-9,14-17H2/t21-,23-/m0/s1. The van der Waals surface area contributed by atoms with E-state index in [1.165, 1.54) is 24.8 Å². The van der Waals surface area contributed by atoms with Crippen LogP contribution in [0.5, 0.6) is 0 Å². The number of hydrogen-bond acceptors (Lipinski definition) is 2. The number of aliphatic hydroxyl groups is 1. The van der Waals surface area contributed by atoms with Gasteiger partial charge in [-0.3, -0.25) is 4.79 Å². The van der Waals surface area contributed by atoms with Crippen LogP contribution >= 0.6 is 0 Å². The molecular formula is C23H28O2. The maximum absolute atomic E-state index is 13.1. The molecule has 2 aromatic rings. The van der Waals surface area contributed by atoms with Gasteiger partial charge in [-0.15, -0.1) is 0 Å². The number of ketones is 1. The Morgan fingerprint density at radius 3 is 2.16 bits per heavy atom. The second kappa shape index (κ2) is 8.96. The van der Waals surface area contributed by atoms with Gasteiger partial charge in [0.15, 0.2) is 5.78 Å². The number of hydrogen-bond donors (Lipinski definition) is 1. The topological polar surface area (TPSA) is 37.3 Å². The van der Waals surface area contributed by atoms with Gasteiger partial charge >= 0.3 is 0 Å². The van der Waals surface area contributed by atoms with Crippen LogP contribution in [0.3, 0.4) is 0 Å². The Morgan fingerprint density at radius 1 is 0.920 bits per heavy atom. The third kappa shape index (κ3) is 4.79. The van der Waals surface area contributed by atoms with Crippen molar-refractivity contribution >= 4 is 5.78 Å². The molecule has 2 atom stereocenters. The van der Waals surface area contributed by atoms with Crippen molar-refractivity contribution in [3.63, 3.8) is 0 Å². The van der Waals surface area contributed by atoms with E-state index in [9.17, 15) is 9.90 Å². The highest BCUT2D eigenvalue weighted by Gasteiger charge is 2.33. The number of carbonyl (C=O) groups is 1. The maximum Gasteiger partial charge on any atom is 0.168 e. The van der Waals surface area contributed by atoms with E-state index < -0.39 is 6.10 Å². The van der Waals surface area contributed by atoms with E-state index in [-0.39, 0.29) is 17.6 Å². The summed E-state index contributed by atoms with van der Waals surface area (Å²) in [4.78, 5) is 13.1. The number of aliphatic hydroxyl groups excluding tert-OH is 1. The number of Topliss-reactive ketones (excluding diaryl/α,β-unsaturated/α-hetero) is 1. The van der Waals surface area contributed by atoms with Crippen LogP contribution in [-0.2, 0) is 6.42 Å². The number of aryl methyl sites for hydroxylation is 1. The van der Waals surface area contributed by atoms with E-state index in [1.54, 1.807) is 0 Å². The Morgan fingerprint density at radius 2 is 1.52 bits per heavy atom. The molecule has 132 valence electrons. The van der Waals surface area contributed by atoms with Crippen molar-refractivity contribution in [1.82, 2.24) is 0 Å². The zero-order valence-corrected chi connectivity index (χ0v) is 14.8. The van der Waals surface area contributed by atoms with Gasteiger partial charge in [0, 0.05) is 11.5 Å². The van der Waals surface area contributed by atoms with Crippen molar-refractivity contribution in [3.05, 3.63) is 71.8 Å². The molecule has 2 heteroatoms. The quantitative estimate of drug-likeness (QED) is 0.718. The van der Waals surface area contributed by atoms with E-state index >= 15 is 0 Å². The second-order valence-corrected chi connectivity index (χ2v) is 7.25. The molecule has 1 N–H and O–H groups in total. The normalized spacial score (nSPS) is 17.8. The summed E-state index contributed by atoms with van der Waals surface area (Å²) >= 11 is 0. The number of rotatable bonds is 7. The van der Waals surface area contributed by atoms with Crippen LogP contribution in [0.4, 0.5) is 0 Å². The molecular weight excluding hydrogens is 308 g/mol. The molecule has 0 unspecified atom stereocenters. The zero-order valence-electron chi connectivity index (χ0n) is 14.8. The smallest absolute Gasteiger partial charge is 0.168 e. The van der Waals surface area contributed by atoms with Gasteiger partial charge in [-0.2, -0.15) is 0 Å². The summed E-state index contributed by atoms with van der Waals surface area (Å²) in [5.74, 6) is 0.0440. The summed E-state index contributed by atoms with van der Waals surface area (Å²) in [6, 6.07) is 19.7. The summed E-state index contributed by atoms with van der Waals surface area (Å²) in [6.07, 6.45) is 6.69. The Kier molecular flexibility index (Phi) is 6.41. The lowest BCUT2D eigenvalue weighted by Gasteiger charge is -2.32. The Bertz CT molecular complexity index is 644. The molecule has 1 saturated carbocycles. The molecule has 1 aliphatic rings. The molecule has 0 saturated heterocycles. The molecule has 1 fully saturated rings. The fourth-order valence-electron chi connectivity index (χ4n) is 4.04. The van der Waals surface area contributed by atoms with Crippen molar-refractivity contribution in [2.45, 2.75) is 51.0 Å². The first-order chi connectivity index (χ1) is 12.3. The highest BCUT2D eigenvalue weighted by atomic mass is 16.3. The molecule has 1 aliphatic carbocycles. The summed E-state index contributed by atoms with van der Waals surface area (Å²) in [6.45, 7) is 0. The van der Waals surface area contributed by atoms with E-state index in [1.807, 2.05) is 48.5 Å². The number of benzene rings is 2. The lowest BCUT2D eigenvalue weighted by molar-refractivity contribution is 0.0286. The highest BCUT2D eigenvalue weighted by Crippen LogP contribution is 2.32. The van der Waals surface area contributed by atoms with Gasteiger partial charge in [0.25, 0.3) is 0 Å². The van der Waals surface area contributed by atoms with Gasteiger partial charge in [-0.1, -0.05) is 79.9 Å². The van der Waals surface area contributed by atoms with Crippen LogP contribution < -0.4 is 0 Å². The Labute approximate surface area is 150 Å². The van der Waals surface area contributed by atoms with Gasteiger partial charge in [-0.05, 0) is 37.2 Å². The van der Waals surface area contributed by atoms with Crippen LogP contribution in [0.2, 0.25) is 0 Å². The van der Waals surface area contributed by atoms with Crippen LogP contribution in [-0.4, -0.2) is 17.0 Å². The zero-order chi connectivity index (χ0) is 17.5. The molecule has 2 aromatic carbocycles. The highest BCUT2D eigenvalue weighted by molar-refractivity contribution is 5.98. The molecule has 0 heterocycles. The second-order valence-electron chi connectivity index (χ2n) is 7.25. The van der Waals surface area contributed by atoms with Gasteiger partial charge in [0.2, 0.25) is 0 Å². The van der Waals surface area contributed by atoms with Gasteiger partial charge in [-0.25, -0.2) is 0 Å². The third-order valence-corrected chi connectivity index (χ3v) is 5.53. The van der Waals surface area contributed by atoms with Crippen LogP contribution in [0.1, 0.15) is 54.4 Å². The van der Waals surface area contributed by atoms with Crippen molar-refractivity contribution in [2.24, 2.45) is 11.8 Å². The summed E-state index contributed by atoms with van der Waals surface area (Å²) in [5.41, 5.74) is 1.94. The minimum absolute atomic E-state index is 0.0922. The molecule has 0 aliphatic heterocycles. The largest absolute Gasteiger partial charge is 0.392 e. The van der Waals surface area contributed by atoms with Gasteiger partial charge in [0.05, 0.1) is 6.10 Å². The monoisotopic (exact) mass is 336 g/mol. The summed E-state index contributed by atoms with van der Waals surface area (Å²) in [5, 5.41) is 11.0. The van der Waals surface area contributed by atoms with Crippen LogP contribution in [0.25, 0.3) is 0 Å². The van der Waals surface area contributed by atoms with Crippen molar-refractivity contribution < 1.29 is 9.90 Å². The number of carbonyl (C=O) groups excluding carboxylic acids is 1. The predicted molar refractivity (Wildman–Crippen MR) is 102 cm³/mol. The van der Waals surface area contributed by atoms with Crippen LogP contribution in [0, 0.1) is 11.8 Å². The first-order valence-electron chi connectivity index (χ1n) is 9.57. The van der Waals surface area contributed by atoms with E-state index in [2.05, 4.69) is 12.1 Å². The molecule has 0 aromatic heterocycles. The van der Waals surface area contributed by atoms with Gasteiger partial charge in [0.1, 0.15) is 0 Å². The van der Waals surface area contributed by atoms with E-state index in [0.29, 0.717) is 6.42 Å². The SMILES string of the molecule is O=C(c1ccccc1)[C@H](CCc1ccccc1)[C@@H](O)C1CCCCC1. The molecule has 0 bridgehead atoms. The van der Waals surface area contributed by atoms with Gasteiger partial charge < -0.3 is 5.11 Å². The summed E-state index contributed by atoms with van der Waals surface area (Å²) in [7, 11) is 0. The van der Waals surface area contributed by atoms with E-state index in [0.717, 1.165) is 24.8 Å². The minimum atomic E-state index is -0.531. The van der Waals surface area contributed by atoms with Crippen LogP contribution in [0.15, 0.2) is 60.7 Å². The lowest BCUT2D eigenvalue weighted by Crippen LogP contribution is -2.36. The fourth-order valence-corrected chi connectivity index (χ4v) is 4.04. The Balaban J connectivity index is 1.76. The minimum Gasteiger partial charge on any atom is -0.392 e. The predicted octanol–water partition coefficient (Wildman–Crippen LogP) is 5.06. The maximum atomic E-state index is 13.1. The Hall–Kier alpha value is -1.93. The van der Waals surface area contributed by atoms with Crippen molar-refractivity contribution in [1.29, 1.82) is 0 Å². The molecule has 25 heavy (non-hydrogen) atoms. The fraction of sp³-hybridized carbons (Fsp3) is 0.435.